The molecule has 0 heterocycles. The Kier molecular flexibility index (Phi) is 5.67. The highest BCUT2D eigenvalue weighted by atomic mass is 31.2. The van der Waals surface area contributed by atoms with E-state index in [-0.39, 0.29) is 0 Å². The van der Waals surface area contributed by atoms with Gasteiger partial charge in [-0.25, -0.2) is 0 Å². The maximum atomic E-state index is 8.68. The molecule has 1 aliphatic rings. The minimum atomic E-state index is -2.41. The first-order valence-corrected chi connectivity index (χ1v) is 6.62. The third-order valence-corrected chi connectivity index (χ3v) is 3.02. The van der Waals surface area contributed by atoms with Crippen molar-refractivity contribution in [1.82, 2.24) is 0 Å². The summed E-state index contributed by atoms with van der Waals surface area (Å²) in [6, 6.07) is 0. The van der Waals surface area contributed by atoms with Crippen LogP contribution in [-0.2, 0) is 9.05 Å². The van der Waals surface area contributed by atoms with Crippen molar-refractivity contribution in [3.05, 3.63) is 0 Å². The molecule has 8 heteroatoms. The Morgan fingerprint density at radius 1 is 0.786 bits per heavy atom. The molecule has 14 heavy (non-hydrogen) atoms. The fourth-order valence-corrected chi connectivity index (χ4v) is 2.51. The Balaban J connectivity index is 2.41. The Morgan fingerprint density at radius 3 is 1.43 bits per heavy atom. The molecule has 0 radical (unpaired) electrons. The van der Waals surface area contributed by atoms with Crippen molar-refractivity contribution in [3.63, 3.8) is 0 Å². The summed E-state index contributed by atoms with van der Waals surface area (Å²) in [5.41, 5.74) is 0. The lowest BCUT2D eigenvalue weighted by atomic mass is 9.95. The van der Waals surface area contributed by atoms with Gasteiger partial charge < -0.3 is 28.6 Å². The van der Waals surface area contributed by atoms with Crippen molar-refractivity contribution in [3.8, 4) is 0 Å². The summed E-state index contributed by atoms with van der Waals surface area (Å²) < 4.78 is 9.69. The molecular weight excluding hydrogens is 230 g/mol. The maximum Gasteiger partial charge on any atom is 0.327 e. The van der Waals surface area contributed by atoms with Gasteiger partial charge in [-0.05, 0) is 12.8 Å². The van der Waals surface area contributed by atoms with E-state index in [1.807, 2.05) is 0 Å². The molecule has 0 spiro atoms. The van der Waals surface area contributed by atoms with Crippen LogP contribution < -0.4 is 0 Å². The minimum absolute atomic E-state index is 0.450. The number of hydrogen-bond acceptors (Lipinski definition) is 6. The second-order valence-electron chi connectivity index (χ2n) is 3.08. The molecule has 0 amide bonds. The lowest BCUT2D eigenvalue weighted by molar-refractivity contribution is 0.00982. The van der Waals surface area contributed by atoms with Crippen molar-refractivity contribution in [1.29, 1.82) is 0 Å². The number of rotatable bonds is 4. The van der Waals surface area contributed by atoms with Gasteiger partial charge in [0.1, 0.15) is 0 Å². The summed E-state index contributed by atoms with van der Waals surface area (Å²) in [6.07, 6.45) is 2.23. The monoisotopic (exact) mass is 244 g/mol. The second kappa shape index (κ2) is 6.26. The predicted octanol–water partition coefficient (Wildman–Crippen LogP) is 0.754. The molecule has 2 atom stereocenters. The average molecular weight is 244 g/mol. The van der Waals surface area contributed by atoms with Crippen LogP contribution in [0.4, 0.5) is 0 Å². The van der Waals surface area contributed by atoms with Gasteiger partial charge in [-0.15, -0.1) is 0 Å². The van der Waals surface area contributed by atoms with E-state index in [9.17, 15) is 0 Å². The van der Waals surface area contributed by atoms with E-state index in [1.165, 1.54) is 0 Å². The van der Waals surface area contributed by atoms with Crippen LogP contribution in [0.2, 0.25) is 0 Å². The molecule has 1 fully saturated rings. The van der Waals surface area contributed by atoms with Gasteiger partial charge in [0.25, 0.3) is 0 Å². The quantitative estimate of drug-likeness (QED) is 0.545. The smallest absolute Gasteiger partial charge is 0.327 e. The van der Waals surface area contributed by atoms with Crippen molar-refractivity contribution in [2.45, 2.75) is 37.9 Å². The largest absolute Gasteiger partial charge is 0.328 e. The summed E-state index contributed by atoms with van der Waals surface area (Å²) >= 11 is 0. The first kappa shape index (κ1) is 12.7. The van der Waals surface area contributed by atoms with Crippen molar-refractivity contribution >= 4 is 17.2 Å². The van der Waals surface area contributed by atoms with E-state index in [0.29, 0.717) is 12.8 Å². The van der Waals surface area contributed by atoms with E-state index >= 15 is 0 Å². The van der Waals surface area contributed by atoms with Crippen molar-refractivity contribution in [2.24, 2.45) is 0 Å². The molecule has 0 aromatic carbocycles. The van der Waals surface area contributed by atoms with E-state index in [2.05, 4.69) is 0 Å². The zero-order chi connectivity index (χ0) is 10.6. The highest BCUT2D eigenvalue weighted by molar-refractivity contribution is 7.39. The van der Waals surface area contributed by atoms with Gasteiger partial charge in [0.15, 0.2) is 0 Å². The molecular formula is C6H14O6P2. The van der Waals surface area contributed by atoms with Crippen LogP contribution in [0.3, 0.4) is 0 Å². The second-order valence-corrected chi connectivity index (χ2v) is 4.51. The topological polar surface area (TPSA) is 99.4 Å². The van der Waals surface area contributed by atoms with Crippen LogP contribution in [0, 0.1) is 0 Å². The van der Waals surface area contributed by atoms with E-state index in [1.54, 1.807) is 0 Å². The Hall–Kier alpha value is 0.620. The lowest BCUT2D eigenvalue weighted by Gasteiger charge is -2.30. The minimum Gasteiger partial charge on any atom is -0.328 e. The molecule has 1 rings (SSSR count). The van der Waals surface area contributed by atoms with Gasteiger partial charge in [-0.2, -0.15) is 0 Å². The summed E-state index contributed by atoms with van der Waals surface area (Å²) in [5, 5.41) is 0. The van der Waals surface area contributed by atoms with Crippen molar-refractivity contribution < 1.29 is 28.6 Å². The Morgan fingerprint density at radius 2 is 1.14 bits per heavy atom. The zero-order valence-corrected chi connectivity index (χ0v) is 9.27. The van der Waals surface area contributed by atoms with Crippen molar-refractivity contribution in [2.75, 3.05) is 0 Å². The Labute approximate surface area is 84.5 Å². The molecule has 1 aliphatic carbocycles. The zero-order valence-electron chi connectivity index (χ0n) is 7.48. The normalized spacial score (nSPS) is 28.7. The molecule has 0 bridgehead atoms. The van der Waals surface area contributed by atoms with Gasteiger partial charge in [0, 0.05) is 0 Å². The van der Waals surface area contributed by atoms with Crippen LogP contribution in [-0.4, -0.2) is 31.8 Å². The summed E-state index contributed by atoms with van der Waals surface area (Å²) in [5.74, 6) is 0. The summed E-state index contributed by atoms with van der Waals surface area (Å²) in [6.45, 7) is 0. The fraction of sp³-hybridized carbons (Fsp3) is 1.00. The molecule has 84 valence electrons. The van der Waals surface area contributed by atoms with Gasteiger partial charge in [-0.1, -0.05) is 12.8 Å². The van der Waals surface area contributed by atoms with Crippen LogP contribution in [0.1, 0.15) is 25.7 Å². The van der Waals surface area contributed by atoms with Gasteiger partial charge in [-0.3, -0.25) is 0 Å². The molecule has 0 aromatic rings. The first-order valence-electron chi connectivity index (χ1n) is 4.29. The van der Waals surface area contributed by atoms with E-state index in [0.717, 1.165) is 12.8 Å². The SMILES string of the molecule is OP(O)O[C@H]1CCCC[C@@H]1OP(O)O. The standard InChI is InChI=1S/C6H14O6P2/c7-13(8)11-5-3-1-2-4-6(5)12-14(9)10/h5-10H,1-4H2/t5-,6-/m0/s1. The van der Waals surface area contributed by atoms with Gasteiger partial charge in [0.2, 0.25) is 0 Å². The van der Waals surface area contributed by atoms with Gasteiger partial charge >= 0.3 is 17.2 Å². The molecule has 0 unspecified atom stereocenters. The van der Waals surface area contributed by atoms with E-state index in [4.69, 9.17) is 28.6 Å². The molecule has 1 saturated carbocycles. The van der Waals surface area contributed by atoms with Crippen LogP contribution in [0.25, 0.3) is 0 Å². The van der Waals surface area contributed by atoms with Crippen LogP contribution >= 0.6 is 17.2 Å². The average Bonchev–Trinajstić information content (AvgIpc) is 2.06. The third kappa shape index (κ3) is 4.43. The first-order chi connectivity index (χ1) is 6.59. The molecule has 0 aliphatic heterocycles. The third-order valence-electron chi connectivity index (χ3n) is 2.10. The highest BCUT2D eigenvalue weighted by Gasteiger charge is 2.30. The molecule has 0 aromatic heterocycles. The summed E-state index contributed by atoms with van der Waals surface area (Å²) in [4.78, 5) is 34.7. The fourth-order valence-electron chi connectivity index (χ4n) is 1.55. The van der Waals surface area contributed by atoms with Gasteiger partial charge in [0.05, 0.1) is 12.2 Å². The molecule has 6 nitrogen and oxygen atoms in total. The summed E-state index contributed by atoms with van der Waals surface area (Å²) in [7, 11) is -4.82. The lowest BCUT2D eigenvalue weighted by Crippen LogP contribution is -2.32. The maximum absolute atomic E-state index is 8.68. The van der Waals surface area contributed by atoms with Crippen LogP contribution in [0.15, 0.2) is 0 Å². The molecule has 0 saturated heterocycles. The van der Waals surface area contributed by atoms with Crippen LogP contribution in [0.5, 0.6) is 0 Å². The Bertz CT molecular complexity index is 148. The highest BCUT2D eigenvalue weighted by Crippen LogP contribution is 2.39. The predicted molar refractivity (Wildman–Crippen MR) is 50.9 cm³/mol. The van der Waals surface area contributed by atoms with E-state index < -0.39 is 29.4 Å². The molecule has 4 N–H and O–H groups in total. The number of hydrogen-bond donors (Lipinski definition) is 4.